The summed E-state index contributed by atoms with van der Waals surface area (Å²) in [4.78, 5) is 30.2. The zero-order valence-corrected chi connectivity index (χ0v) is 19.1. The Bertz CT molecular complexity index is 888. The van der Waals surface area contributed by atoms with Crippen LogP contribution in [0.4, 0.5) is 0 Å². The fraction of sp³-hybridized carbons (Fsp3) is 0.440. The number of rotatable bonds is 9. The monoisotopic (exact) mass is 439 g/mol. The number of nitrogens with one attached hydrogen (secondary N) is 1. The first-order valence-corrected chi connectivity index (χ1v) is 11.0. The van der Waals surface area contributed by atoms with Crippen LogP contribution in [0, 0.1) is 0 Å². The number of amides is 2. The molecule has 1 N–H and O–H groups in total. The molecule has 3 rings (SSSR count). The van der Waals surface area contributed by atoms with Gasteiger partial charge in [-0.2, -0.15) is 0 Å². The van der Waals surface area contributed by atoms with E-state index in [-0.39, 0.29) is 24.5 Å². The van der Waals surface area contributed by atoms with Gasteiger partial charge >= 0.3 is 0 Å². The van der Waals surface area contributed by atoms with Crippen molar-refractivity contribution in [3.63, 3.8) is 0 Å². The molecule has 7 heteroatoms. The maximum Gasteiger partial charge on any atom is 0.246 e. The maximum atomic E-state index is 13.9. The zero-order chi connectivity index (χ0) is 22.9. The lowest BCUT2D eigenvalue weighted by Crippen LogP contribution is -2.55. The molecule has 0 fully saturated rings. The van der Waals surface area contributed by atoms with Crippen LogP contribution in [-0.4, -0.2) is 74.2 Å². The third-order valence-electron chi connectivity index (χ3n) is 5.40. The molecule has 2 atom stereocenters. The van der Waals surface area contributed by atoms with Crippen LogP contribution >= 0.6 is 0 Å². The van der Waals surface area contributed by atoms with Gasteiger partial charge in [0.2, 0.25) is 11.8 Å². The topological polar surface area (TPSA) is 71.1 Å². The van der Waals surface area contributed by atoms with Gasteiger partial charge in [-0.1, -0.05) is 48.5 Å². The van der Waals surface area contributed by atoms with Crippen LogP contribution in [0.15, 0.2) is 54.6 Å². The quantitative estimate of drug-likeness (QED) is 0.648. The summed E-state index contributed by atoms with van der Waals surface area (Å²) in [5.41, 5.74) is 1.94. The molecule has 1 heterocycles. The Hall–Kier alpha value is -2.90. The van der Waals surface area contributed by atoms with Crippen molar-refractivity contribution >= 4 is 11.8 Å². The molecule has 0 radical (unpaired) electrons. The van der Waals surface area contributed by atoms with E-state index in [0.29, 0.717) is 32.7 Å². The van der Waals surface area contributed by atoms with Gasteiger partial charge in [-0.05, 0) is 32.6 Å². The molecule has 2 aromatic rings. The molecule has 2 aromatic carbocycles. The first-order chi connectivity index (χ1) is 15.5. The second kappa shape index (κ2) is 11.6. The maximum absolute atomic E-state index is 13.9. The second-order valence-electron chi connectivity index (χ2n) is 8.25. The smallest absolute Gasteiger partial charge is 0.246 e. The van der Waals surface area contributed by atoms with E-state index in [0.717, 1.165) is 16.9 Å². The summed E-state index contributed by atoms with van der Waals surface area (Å²) in [5, 5.41) is 2.91. The van der Waals surface area contributed by atoms with Gasteiger partial charge in [-0.3, -0.25) is 9.59 Å². The highest BCUT2D eigenvalue weighted by molar-refractivity contribution is 5.88. The van der Waals surface area contributed by atoms with Gasteiger partial charge in [-0.25, -0.2) is 0 Å². The lowest BCUT2D eigenvalue weighted by atomic mass is 10.0. The minimum absolute atomic E-state index is 0.0673. The summed E-state index contributed by atoms with van der Waals surface area (Å²) in [5.74, 6) is 0.383. The van der Waals surface area contributed by atoms with Crippen LogP contribution < -0.4 is 10.1 Å². The Kier molecular flexibility index (Phi) is 8.64. The average molecular weight is 440 g/mol. The minimum atomic E-state index is -0.694. The van der Waals surface area contributed by atoms with E-state index in [4.69, 9.17) is 9.47 Å². The number of para-hydroxylation sites is 1. The lowest BCUT2D eigenvalue weighted by Gasteiger charge is -2.34. The van der Waals surface area contributed by atoms with Crippen molar-refractivity contribution < 1.29 is 19.1 Å². The molecule has 0 unspecified atom stereocenters. The van der Waals surface area contributed by atoms with Crippen molar-refractivity contribution in [1.82, 2.24) is 15.1 Å². The van der Waals surface area contributed by atoms with Crippen molar-refractivity contribution in [2.75, 3.05) is 40.5 Å². The highest BCUT2D eigenvalue weighted by Gasteiger charge is 2.34. The fourth-order valence-electron chi connectivity index (χ4n) is 3.88. The van der Waals surface area contributed by atoms with E-state index in [1.165, 1.54) is 0 Å². The highest BCUT2D eigenvalue weighted by Crippen LogP contribution is 2.26. The number of likely N-dealkylation sites (N-methyl/N-ethyl adjacent to an activating group) is 1. The Morgan fingerprint density at radius 3 is 2.59 bits per heavy atom. The van der Waals surface area contributed by atoms with Crippen molar-refractivity contribution in [3.05, 3.63) is 65.7 Å². The summed E-state index contributed by atoms with van der Waals surface area (Å²) in [6.45, 7) is 3.69. The third kappa shape index (κ3) is 6.55. The molecule has 7 nitrogen and oxygen atoms in total. The van der Waals surface area contributed by atoms with Crippen LogP contribution in [0.3, 0.4) is 0 Å². The van der Waals surface area contributed by atoms with E-state index in [9.17, 15) is 9.59 Å². The number of hydrogen-bond donors (Lipinski definition) is 1. The molecule has 2 amide bonds. The summed E-state index contributed by atoms with van der Waals surface area (Å²) in [6.07, 6.45) is 0.408. The van der Waals surface area contributed by atoms with Crippen molar-refractivity contribution in [2.45, 2.75) is 32.0 Å². The number of nitrogens with zero attached hydrogens (tertiary/aromatic N) is 2. The first-order valence-electron chi connectivity index (χ1n) is 11.0. The van der Waals surface area contributed by atoms with E-state index in [2.05, 4.69) is 5.32 Å². The van der Waals surface area contributed by atoms with Crippen LogP contribution in [0.1, 0.15) is 18.1 Å². The second-order valence-corrected chi connectivity index (χ2v) is 8.25. The summed E-state index contributed by atoms with van der Waals surface area (Å²) < 4.78 is 11.3. The third-order valence-corrected chi connectivity index (χ3v) is 5.40. The van der Waals surface area contributed by atoms with E-state index in [1.54, 1.807) is 0 Å². The summed E-state index contributed by atoms with van der Waals surface area (Å²) >= 11 is 0. The first kappa shape index (κ1) is 23.8. The Morgan fingerprint density at radius 2 is 1.88 bits per heavy atom. The summed E-state index contributed by atoms with van der Waals surface area (Å²) in [6, 6.07) is 16.7. The van der Waals surface area contributed by atoms with Crippen LogP contribution in [0.25, 0.3) is 0 Å². The number of carbonyl (C=O) groups excluding carboxylic acids is 2. The molecule has 172 valence electrons. The normalized spacial score (nSPS) is 16.6. The molecule has 0 saturated carbocycles. The van der Waals surface area contributed by atoms with E-state index >= 15 is 0 Å². The molecular formula is C25H33N3O4. The highest BCUT2D eigenvalue weighted by atomic mass is 16.5. The van der Waals surface area contributed by atoms with Gasteiger partial charge in [0.05, 0.1) is 6.04 Å². The number of fused-ring (bicyclic) bond motifs is 1. The summed E-state index contributed by atoms with van der Waals surface area (Å²) in [7, 11) is 3.96. The van der Waals surface area contributed by atoms with Crippen LogP contribution in [0.2, 0.25) is 0 Å². The molecule has 32 heavy (non-hydrogen) atoms. The van der Waals surface area contributed by atoms with E-state index < -0.39 is 6.04 Å². The predicted octanol–water partition coefficient (Wildman–Crippen LogP) is 2.10. The molecule has 0 bridgehead atoms. The fourth-order valence-corrected chi connectivity index (χ4v) is 3.88. The molecular weight excluding hydrogens is 406 g/mol. The Labute approximate surface area is 190 Å². The number of ether oxygens (including phenoxy) is 2. The lowest BCUT2D eigenvalue weighted by molar-refractivity contribution is -0.140. The standard InChI is InChI=1S/C25H33N3O4/c1-4-31-18-24(29)26-22(14-19-10-6-5-7-11-19)25(30)28-15-20-12-8-9-13-23(20)32-17-21(28)16-27(2)3/h5-13,21-22H,4,14-18H2,1-3H3,(H,26,29)/t21-,22+/m1/s1. The minimum Gasteiger partial charge on any atom is -0.491 e. The van der Waals surface area contributed by atoms with Gasteiger partial charge in [0.15, 0.2) is 0 Å². The van der Waals surface area contributed by atoms with Gasteiger partial charge < -0.3 is 24.6 Å². The van der Waals surface area contributed by atoms with Crippen molar-refractivity contribution in [1.29, 1.82) is 0 Å². The molecule has 1 aliphatic rings. The molecule has 0 saturated heterocycles. The number of hydrogen-bond acceptors (Lipinski definition) is 5. The van der Waals surface area contributed by atoms with Crippen LogP contribution in [0.5, 0.6) is 5.75 Å². The predicted molar refractivity (Wildman–Crippen MR) is 123 cm³/mol. The van der Waals surface area contributed by atoms with Crippen molar-refractivity contribution in [3.8, 4) is 5.75 Å². The van der Waals surface area contributed by atoms with Gasteiger partial charge in [0.1, 0.15) is 25.0 Å². The average Bonchev–Trinajstić information content (AvgIpc) is 2.97. The number of carbonyl (C=O) groups is 2. The SMILES string of the molecule is CCOCC(=O)N[C@@H](Cc1ccccc1)C(=O)N1Cc2ccccc2OC[C@H]1CN(C)C. The molecule has 0 aromatic heterocycles. The van der Waals surface area contributed by atoms with Gasteiger partial charge in [-0.15, -0.1) is 0 Å². The molecule has 0 aliphatic carbocycles. The largest absolute Gasteiger partial charge is 0.491 e. The van der Waals surface area contributed by atoms with Gasteiger partial charge in [0, 0.05) is 31.7 Å². The molecule has 0 spiro atoms. The Morgan fingerprint density at radius 1 is 1.16 bits per heavy atom. The zero-order valence-electron chi connectivity index (χ0n) is 19.1. The van der Waals surface area contributed by atoms with Crippen molar-refractivity contribution in [2.24, 2.45) is 0 Å². The van der Waals surface area contributed by atoms with E-state index in [1.807, 2.05) is 85.4 Å². The molecule has 1 aliphatic heterocycles. The van der Waals surface area contributed by atoms with Crippen LogP contribution in [-0.2, 0) is 27.3 Å². The van der Waals surface area contributed by atoms with Gasteiger partial charge in [0.25, 0.3) is 0 Å². The Balaban J connectivity index is 1.88. The number of benzene rings is 2.